The maximum atomic E-state index is 11.7. The Labute approximate surface area is 94.4 Å². The predicted molar refractivity (Wildman–Crippen MR) is 60.0 cm³/mol. The molecule has 0 aliphatic rings. The van der Waals surface area contributed by atoms with Gasteiger partial charge in [-0.2, -0.15) is 0 Å². The number of hydrogen-bond acceptors (Lipinski definition) is 4. The Morgan fingerprint density at radius 1 is 1.12 bits per heavy atom. The van der Waals surface area contributed by atoms with Crippen LogP contribution >= 0.6 is 0 Å². The molecule has 0 saturated carbocycles. The van der Waals surface area contributed by atoms with Crippen LogP contribution in [0.5, 0.6) is 11.5 Å². The highest BCUT2D eigenvalue weighted by Gasteiger charge is 2.13. The zero-order chi connectivity index (χ0) is 12.1. The molecule has 0 heterocycles. The van der Waals surface area contributed by atoms with Gasteiger partial charge in [0, 0.05) is 5.56 Å². The molecular weight excluding hydrogens is 208 g/mol. The summed E-state index contributed by atoms with van der Waals surface area (Å²) in [6, 6.07) is 4.88. The number of allylic oxidation sites excluding steroid dienone is 1. The molecule has 4 nitrogen and oxygen atoms in total. The van der Waals surface area contributed by atoms with Gasteiger partial charge in [-0.25, -0.2) is 0 Å². The molecule has 1 rings (SSSR count). The number of Topliss-reactive ketones (excluding diaryl/α,β-unsaturated/α-hetero) is 1. The molecule has 0 radical (unpaired) electrons. The second kappa shape index (κ2) is 5.21. The molecule has 1 aromatic rings. The lowest BCUT2D eigenvalue weighted by Crippen LogP contribution is -2.04. The molecule has 0 bridgehead atoms. The number of rotatable bonds is 5. The first-order chi connectivity index (χ1) is 7.63. The largest absolute Gasteiger partial charge is 0.493 e. The lowest BCUT2D eigenvalue weighted by atomic mass is 10.1. The normalized spacial score (nSPS) is 9.44. The maximum Gasteiger partial charge on any atom is 0.227 e. The Bertz CT molecular complexity index is 409. The molecule has 86 valence electrons. The third-order valence-corrected chi connectivity index (χ3v) is 2.15. The van der Waals surface area contributed by atoms with Gasteiger partial charge in [0.25, 0.3) is 0 Å². The van der Waals surface area contributed by atoms with E-state index >= 15 is 0 Å². The molecule has 0 atom stereocenters. The van der Waals surface area contributed by atoms with Crippen LogP contribution in [-0.2, 0) is 4.74 Å². The Hall–Kier alpha value is -1.97. The number of hydrogen-bond donors (Lipinski definition) is 0. The highest BCUT2D eigenvalue weighted by Crippen LogP contribution is 2.28. The summed E-state index contributed by atoms with van der Waals surface area (Å²) in [5.74, 6) is 0.884. The van der Waals surface area contributed by atoms with E-state index in [-0.39, 0.29) is 11.5 Å². The van der Waals surface area contributed by atoms with Crippen molar-refractivity contribution in [3.63, 3.8) is 0 Å². The van der Waals surface area contributed by atoms with Gasteiger partial charge < -0.3 is 14.2 Å². The Morgan fingerprint density at radius 3 is 2.25 bits per heavy atom. The second-order valence-corrected chi connectivity index (χ2v) is 3.03. The number of ether oxygens (including phenoxy) is 3. The van der Waals surface area contributed by atoms with Crippen molar-refractivity contribution in [3.8, 4) is 11.5 Å². The summed E-state index contributed by atoms with van der Waals surface area (Å²) in [5, 5.41) is 0. The molecule has 0 spiro atoms. The van der Waals surface area contributed by atoms with E-state index < -0.39 is 0 Å². The van der Waals surface area contributed by atoms with E-state index in [0.29, 0.717) is 17.1 Å². The highest BCUT2D eigenvalue weighted by atomic mass is 16.5. The molecule has 0 fully saturated rings. The first-order valence-electron chi connectivity index (χ1n) is 4.63. The van der Waals surface area contributed by atoms with Crippen LogP contribution in [0.15, 0.2) is 30.5 Å². The molecule has 0 unspecified atom stereocenters. The van der Waals surface area contributed by atoms with Crippen LogP contribution in [0, 0.1) is 0 Å². The number of ketones is 1. The number of benzene rings is 1. The van der Waals surface area contributed by atoms with E-state index in [2.05, 4.69) is 6.58 Å². The van der Waals surface area contributed by atoms with Crippen molar-refractivity contribution in [3.05, 3.63) is 36.1 Å². The van der Waals surface area contributed by atoms with Crippen LogP contribution in [0.1, 0.15) is 10.4 Å². The summed E-state index contributed by atoms with van der Waals surface area (Å²) in [6.07, 6.45) is 0. The topological polar surface area (TPSA) is 44.8 Å². The van der Waals surface area contributed by atoms with Gasteiger partial charge in [-0.3, -0.25) is 4.79 Å². The first-order valence-corrected chi connectivity index (χ1v) is 4.63. The Kier molecular flexibility index (Phi) is 3.94. The van der Waals surface area contributed by atoms with E-state index in [4.69, 9.17) is 14.2 Å². The lowest BCUT2D eigenvalue weighted by Gasteiger charge is -2.09. The van der Waals surface area contributed by atoms with Gasteiger partial charge in [-0.15, -0.1) is 0 Å². The summed E-state index contributed by atoms with van der Waals surface area (Å²) >= 11 is 0. The SMILES string of the molecule is C=C(OC)C(=O)c1ccc(OC)c(OC)c1. The summed E-state index contributed by atoms with van der Waals surface area (Å²) in [7, 11) is 4.45. The van der Waals surface area contributed by atoms with Crippen LogP contribution in [0.25, 0.3) is 0 Å². The third-order valence-electron chi connectivity index (χ3n) is 2.15. The van der Waals surface area contributed by atoms with Crippen molar-refractivity contribution in [1.29, 1.82) is 0 Å². The van der Waals surface area contributed by atoms with E-state index in [0.717, 1.165) is 0 Å². The van der Waals surface area contributed by atoms with Crippen molar-refractivity contribution in [2.24, 2.45) is 0 Å². The molecule has 0 amide bonds. The van der Waals surface area contributed by atoms with Crippen molar-refractivity contribution < 1.29 is 19.0 Å². The van der Waals surface area contributed by atoms with E-state index in [1.54, 1.807) is 18.2 Å². The quantitative estimate of drug-likeness (QED) is 0.434. The zero-order valence-corrected chi connectivity index (χ0v) is 9.57. The standard InChI is InChI=1S/C12H14O4/c1-8(14-2)12(13)9-5-6-10(15-3)11(7-9)16-4/h5-7H,1H2,2-4H3. The number of methoxy groups -OCH3 is 3. The summed E-state index contributed by atoms with van der Waals surface area (Å²) in [6.45, 7) is 3.50. The molecule has 0 aliphatic carbocycles. The van der Waals surface area contributed by atoms with Crippen LogP contribution in [0.3, 0.4) is 0 Å². The van der Waals surface area contributed by atoms with Crippen molar-refractivity contribution in [2.75, 3.05) is 21.3 Å². The fourth-order valence-corrected chi connectivity index (χ4v) is 1.23. The molecule has 16 heavy (non-hydrogen) atoms. The molecule has 0 N–H and O–H groups in total. The van der Waals surface area contributed by atoms with Gasteiger partial charge in [0.15, 0.2) is 17.3 Å². The molecule has 4 heteroatoms. The lowest BCUT2D eigenvalue weighted by molar-refractivity contribution is 0.0955. The van der Waals surface area contributed by atoms with E-state index in [9.17, 15) is 4.79 Å². The van der Waals surface area contributed by atoms with E-state index in [1.165, 1.54) is 21.3 Å². The van der Waals surface area contributed by atoms with Gasteiger partial charge in [0.1, 0.15) is 0 Å². The van der Waals surface area contributed by atoms with Gasteiger partial charge in [-0.1, -0.05) is 6.58 Å². The minimum absolute atomic E-state index is 0.0900. The maximum absolute atomic E-state index is 11.7. The van der Waals surface area contributed by atoms with Gasteiger partial charge in [0.05, 0.1) is 21.3 Å². The third kappa shape index (κ3) is 2.34. The summed E-state index contributed by atoms with van der Waals surface area (Å²) in [4.78, 5) is 11.7. The molecular formula is C12H14O4. The summed E-state index contributed by atoms with van der Waals surface area (Å²) in [5.41, 5.74) is 0.449. The van der Waals surface area contributed by atoms with Crippen LogP contribution < -0.4 is 9.47 Å². The predicted octanol–water partition coefficient (Wildman–Crippen LogP) is 2.05. The van der Waals surface area contributed by atoms with Gasteiger partial charge >= 0.3 is 0 Å². The van der Waals surface area contributed by atoms with Crippen molar-refractivity contribution in [1.82, 2.24) is 0 Å². The molecule has 0 aliphatic heterocycles. The van der Waals surface area contributed by atoms with Crippen LogP contribution in [0.2, 0.25) is 0 Å². The van der Waals surface area contributed by atoms with Crippen molar-refractivity contribution in [2.45, 2.75) is 0 Å². The minimum Gasteiger partial charge on any atom is -0.493 e. The number of carbonyl (C=O) groups excluding carboxylic acids is 1. The molecule has 0 aromatic heterocycles. The minimum atomic E-state index is -0.275. The van der Waals surface area contributed by atoms with Gasteiger partial charge in [0.2, 0.25) is 5.78 Å². The fraction of sp³-hybridized carbons (Fsp3) is 0.250. The smallest absolute Gasteiger partial charge is 0.227 e. The molecule has 1 aromatic carbocycles. The number of carbonyl (C=O) groups is 1. The monoisotopic (exact) mass is 222 g/mol. The average Bonchev–Trinajstić information content (AvgIpc) is 2.35. The highest BCUT2D eigenvalue weighted by molar-refractivity contribution is 6.07. The average molecular weight is 222 g/mol. The van der Waals surface area contributed by atoms with Crippen LogP contribution in [-0.4, -0.2) is 27.1 Å². The Morgan fingerprint density at radius 2 is 1.75 bits per heavy atom. The fourth-order valence-electron chi connectivity index (χ4n) is 1.23. The second-order valence-electron chi connectivity index (χ2n) is 3.03. The zero-order valence-electron chi connectivity index (χ0n) is 9.57. The Balaban J connectivity index is 3.08. The van der Waals surface area contributed by atoms with E-state index in [1.807, 2.05) is 0 Å². The van der Waals surface area contributed by atoms with Crippen molar-refractivity contribution >= 4 is 5.78 Å². The van der Waals surface area contributed by atoms with Gasteiger partial charge in [-0.05, 0) is 18.2 Å². The molecule has 0 saturated heterocycles. The first kappa shape index (κ1) is 12.1. The summed E-state index contributed by atoms with van der Waals surface area (Å²) < 4.78 is 14.9. The van der Waals surface area contributed by atoms with Crippen LogP contribution in [0.4, 0.5) is 0 Å².